The fourth-order valence-electron chi connectivity index (χ4n) is 3.76. The van der Waals surface area contributed by atoms with Crippen LogP contribution in [0.3, 0.4) is 0 Å². The number of carbonyl (C=O) groups is 1. The van der Waals surface area contributed by atoms with E-state index < -0.39 is 10.2 Å². The second-order valence-corrected chi connectivity index (χ2v) is 8.96. The number of hydrogen-bond acceptors (Lipinski definition) is 5. The van der Waals surface area contributed by atoms with Crippen molar-refractivity contribution in [2.24, 2.45) is 5.92 Å². The minimum Gasteiger partial charge on any atom is -0.283 e. The van der Waals surface area contributed by atoms with Gasteiger partial charge in [-0.05, 0) is 18.6 Å². The molecule has 0 unspecified atom stereocenters. The van der Waals surface area contributed by atoms with Gasteiger partial charge in [0.05, 0.1) is 28.2 Å². The van der Waals surface area contributed by atoms with Crippen LogP contribution >= 0.6 is 11.3 Å². The number of nitrogens with zero attached hydrogens (tertiary/aromatic N) is 3. The summed E-state index contributed by atoms with van der Waals surface area (Å²) in [5.74, 6) is -0.437. The summed E-state index contributed by atoms with van der Waals surface area (Å²) < 4.78 is 29.3. The van der Waals surface area contributed by atoms with Gasteiger partial charge in [-0.3, -0.25) is 9.69 Å². The number of para-hydroxylation sites is 1. The number of nitrogens with one attached hydrogen (secondary N) is 1. The summed E-state index contributed by atoms with van der Waals surface area (Å²) in [6.07, 6.45) is 0.623. The molecule has 3 heterocycles. The predicted molar refractivity (Wildman–Crippen MR) is 93.1 cm³/mol. The molecule has 1 amide bonds. The van der Waals surface area contributed by atoms with E-state index in [9.17, 15) is 13.2 Å². The van der Waals surface area contributed by atoms with Crippen LogP contribution in [0.2, 0.25) is 0 Å². The van der Waals surface area contributed by atoms with Gasteiger partial charge in [0.15, 0.2) is 5.13 Å². The highest BCUT2D eigenvalue weighted by Crippen LogP contribution is 2.42. The Morgan fingerprint density at radius 3 is 2.79 bits per heavy atom. The molecular weight excluding hydrogens is 348 g/mol. The van der Waals surface area contributed by atoms with Crippen LogP contribution in [0.25, 0.3) is 10.2 Å². The molecule has 128 valence electrons. The van der Waals surface area contributed by atoms with Crippen LogP contribution in [0.5, 0.6) is 0 Å². The first kappa shape index (κ1) is 15.9. The third kappa shape index (κ3) is 2.19. The number of thiazole rings is 1. The molecule has 1 aromatic heterocycles. The number of aromatic nitrogens is 1. The first-order chi connectivity index (χ1) is 11.4. The summed E-state index contributed by atoms with van der Waals surface area (Å²) in [4.78, 5) is 19.1. The SMILES string of the molecule is CNS(=O)(=O)N1CC[C@H]2[C@H]1[C@H](C)C(=O)N2c1nc2ccccc2s1. The molecule has 24 heavy (non-hydrogen) atoms. The zero-order valence-electron chi connectivity index (χ0n) is 13.3. The Morgan fingerprint density at radius 1 is 1.33 bits per heavy atom. The Balaban J connectivity index is 1.75. The summed E-state index contributed by atoms with van der Waals surface area (Å²) in [6, 6.07) is 7.25. The van der Waals surface area contributed by atoms with E-state index in [0.29, 0.717) is 18.1 Å². The topological polar surface area (TPSA) is 82.6 Å². The minimum absolute atomic E-state index is 0.0555. The maximum atomic E-state index is 12.8. The van der Waals surface area contributed by atoms with Gasteiger partial charge in [-0.25, -0.2) is 9.71 Å². The van der Waals surface area contributed by atoms with E-state index in [1.54, 1.807) is 11.8 Å². The minimum atomic E-state index is -3.55. The Labute approximate surface area is 144 Å². The van der Waals surface area contributed by atoms with Crippen LogP contribution < -0.4 is 9.62 Å². The lowest BCUT2D eigenvalue weighted by Crippen LogP contribution is -2.46. The van der Waals surface area contributed by atoms with Crippen LogP contribution in [-0.4, -0.2) is 49.3 Å². The van der Waals surface area contributed by atoms with Crippen molar-refractivity contribution >= 4 is 42.8 Å². The van der Waals surface area contributed by atoms with Gasteiger partial charge in [0.25, 0.3) is 10.2 Å². The van der Waals surface area contributed by atoms with Crippen molar-refractivity contribution in [3.8, 4) is 0 Å². The largest absolute Gasteiger partial charge is 0.283 e. The molecule has 1 N–H and O–H groups in total. The molecule has 2 fully saturated rings. The molecule has 2 aliphatic rings. The summed E-state index contributed by atoms with van der Waals surface area (Å²) in [5.41, 5.74) is 0.860. The number of fused-ring (bicyclic) bond motifs is 2. The third-order valence-corrected chi connectivity index (χ3v) is 7.49. The molecule has 0 saturated carbocycles. The van der Waals surface area contributed by atoms with E-state index in [2.05, 4.69) is 9.71 Å². The number of hydrogen-bond donors (Lipinski definition) is 1. The van der Waals surface area contributed by atoms with Crippen molar-refractivity contribution in [2.75, 3.05) is 18.5 Å². The molecule has 7 nitrogen and oxygen atoms in total. The quantitative estimate of drug-likeness (QED) is 0.884. The second-order valence-electron chi connectivity index (χ2n) is 6.13. The molecule has 1 aromatic carbocycles. The van der Waals surface area contributed by atoms with Gasteiger partial charge in [0.1, 0.15) is 0 Å². The van der Waals surface area contributed by atoms with Gasteiger partial charge in [0, 0.05) is 13.6 Å². The van der Waals surface area contributed by atoms with E-state index in [-0.39, 0.29) is 23.9 Å². The molecule has 2 saturated heterocycles. The van der Waals surface area contributed by atoms with Gasteiger partial charge in [-0.1, -0.05) is 30.4 Å². The second kappa shape index (κ2) is 5.48. The van der Waals surface area contributed by atoms with Crippen LogP contribution in [0.1, 0.15) is 13.3 Å². The van der Waals surface area contributed by atoms with Crippen molar-refractivity contribution in [2.45, 2.75) is 25.4 Å². The molecule has 2 aliphatic heterocycles. The normalized spacial score (nSPS) is 28.0. The monoisotopic (exact) mass is 366 g/mol. The average Bonchev–Trinajstić information content (AvgIpc) is 3.23. The van der Waals surface area contributed by atoms with E-state index in [4.69, 9.17) is 0 Å². The molecule has 9 heteroatoms. The van der Waals surface area contributed by atoms with Crippen molar-refractivity contribution in [1.29, 1.82) is 0 Å². The average molecular weight is 366 g/mol. The molecule has 0 aliphatic carbocycles. The summed E-state index contributed by atoms with van der Waals surface area (Å²) in [6.45, 7) is 2.22. The number of anilines is 1. The van der Waals surface area contributed by atoms with Crippen molar-refractivity contribution in [1.82, 2.24) is 14.0 Å². The lowest BCUT2D eigenvalue weighted by molar-refractivity contribution is -0.120. The highest BCUT2D eigenvalue weighted by molar-refractivity contribution is 7.87. The van der Waals surface area contributed by atoms with E-state index >= 15 is 0 Å². The lowest BCUT2D eigenvalue weighted by atomic mass is 10.0. The Morgan fingerprint density at radius 2 is 2.08 bits per heavy atom. The molecule has 0 radical (unpaired) electrons. The van der Waals surface area contributed by atoms with Gasteiger partial charge in [-0.2, -0.15) is 12.7 Å². The van der Waals surface area contributed by atoms with E-state index in [1.165, 1.54) is 22.7 Å². The van der Waals surface area contributed by atoms with Crippen molar-refractivity contribution in [3.63, 3.8) is 0 Å². The maximum absolute atomic E-state index is 12.8. The first-order valence-corrected chi connectivity index (χ1v) is 10.1. The van der Waals surface area contributed by atoms with E-state index in [0.717, 1.165) is 10.2 Å². The Bertz CT molecular complexity index is 877. The zero-order valence-corrected chi connectivity index (χ0v) is 15.0. The Hall–Kier alpha value is -1.55. The van der Waals surface area contributed by atoms with Gasteiger partial charge < -0.3 is 0 Å². The van der Waals surface area contributed by atoms with Crippen LogP contribution in [0.4, 0.5) is 5.13 Å². The standard InChI is InChI=1S/C15H18N4O3S2/c1-9-13-11(7-8-18(13)24(21,22)16-2)19(14(9)20)15-17-10-5-3-4-6-12(10)23-15/h3-6,9,11,13,16H,7-8H2,1-2H3/t9-,11-,13+/m0/s1. The van der Waals surface area contributed by atoms with Gasteiger partial charge in [-0.15, -0.1) is 0 Å². The van der Waals surface area contributed by atoms with Crippen molar-refractivity contribution < 1.29 is 13.2 Å². The van der Waals surface area contributed by atoms with Crippen LogP contribution in [0, 0.1) is 5.92 Å². The summed E-state index contributed by atoms with van der Waals surface area (Å²) >= 11 is 1.47. The third-order valence-electron chi connectivity index (χ3n) is 4.90. The van der Waals surface area contributed by atoms with Gasteiger partial charge in [0.2, 0.25) is 5.91 Å². The van der Waals surface area contributed by atoms with Gasteiger partial charge >= 0.3 is 0 Å². The number of carbonyl (C=O) groups excluding carboxylic acids is 1. The molecule has 4 rings (SSSR count). The van der Waals surface area contributed by atoms with Crippen LogP contribution in [0.15, 0.2) is 24.3 Å². The molecule has 0 bridgehead atoms. The fraction of sp³-hybridized carbons (Fsp3) is 0.467. The lowest BCUT2D eigenvalue weighted by Gasteiger charge is -2.24. The number of rotatable bonds is 3. The van der Waals surface area contributed by atoms with Crippen molar-refractivity contribution in [3.05, 3.63) is 24.3 Å². The summed E-state index contributed by atoms with van der Waals surface area (Å²) in [5, 5.41) is 0.657. The van der Waals surface area contributed by atoms with Crippen LogP contribution in [-0.2, 0) is 15.0 Å². The molecular formula is C15H18N4O3S2. The highest BCUT2D eigenvalue weighted by Gasteiger charge is 2.55. The fourth-order valence-corrected chi connectivity index (χ4v) is 6.01. The molecule has 3 atom stereocenters. The maximum Gasteiger partial charge on any atom is 0.279 e. The highest BCUT2D eigenvalue weighted by atomic mass is 32.2. The smallest absolute Gasteiger partial charge is 0.279 e. The first-order valence-electron chi connectivity index (χ1n) is 7.83. The van der Waals surface area contributed by atoms with E-state index in [1.807, 2.05) is 24.3 Å². The number of benzene rings is 1. The summed E-state index contributed by atoms with van der Waals surface area (Å²) in [7, 11) is -2.15. The number of amides is 1. The Kier molecular flexibility index (Phi) is 3.64. The predicted octanol–water partition coefficient (Wildman–Crippen LogP) is 1.19. The molecule has 2 aromatic rings. The zero-order chi connectivity index (χ0) is 17.1. The molecule has 0 spiro atoms.